The number of aliphatic hydroxyl groups is 2. The van der Waals surface area contributed by atoms with E-state index in [0.717, 1.165) is 0 Å². The van der Waals surface area contributed by atoms with Crippen LogP contribution in [0.15, 0.2) is 60.7 Å². The molecule has 8 heteroatoms. The Morgan fingerprint density at radius 1 is 0.857 bits per heavy atom. The lowest BCUT2D eigenvalue weighted by molar-refractivity contribution is -0.334. The molecule has 2 aliphatic rings. The molecule has 0 aliphatic carbocycles. The van der Waals surface area contributed by atoms with E-state index in [2.05, 4.69) is 0 Å². The highest BCUT2D eigenvalue weighted by Crippen LogP contribution is 2.45. The molecule has 2 aromatic rings. The molecule has 2 fully saturated rings. The fourth-order valence-electron chi connectivity index (χ4n) is 3.37. The third-order valence-corrected chi connectivity index (χ3v) is 5.64. The van der Waals surface area contributed by atoms with Crippen molar-refractivity contribution in [2.75, 3.05) is 13.2 Å². The fourth-order valence-corrected chi connectivity index (χ4v) is 4.01. The Bertz CT molecular complexity index is 794. The van der Waals surface area contributed by atoms with Crippen molar-refractivity contribution < 1.29 is 29.2 Å². The van der Waals surface area contributed by atoms with Gasteiger partial charge in [-0.1, -0.05) is 83.9 Å². The lowest BCUT2D eigenvalue weighted by atomic mass is 10.0. The average molecular weight is 427 g/mol. The summed E-state index contributed by atoms with van der Waals surface area (Å²) in [6.45, 7) is -0.374. The Balaban J connectivity index is 1.59. The monoisotopic (exact) mass is 426 g/mol. The van der Waals surface area contributed by atoms with Crippen LogP contribution in [0.5, 0.6) is 0 Å². The number of rotatable bonds is 4. The number of aliphatic hydroxyl groups excluding tert-OH is 2. The molecule has 0 saturated carbocycles. The first-order chi connectivity index (χ1) is 13.5. The van der Waals surface area contributed by atoms with E-state index in [1.807, 2.05) is 24.3 Å². The van der Waals surface area contributed by atoms with Crippen LogP contribution in [0.4, 0.5) is 0 Å². The molecule has 6 atom stereocenters. The molecule has 0 radical (unpaired) electrons. The molecule has 150 valence electrons. The molecule has 2 N–H and O–H groups in total. The molecular formula is C20H20Cl2O6. The molecular weight excluding hydrogens is 407 g/mol. The van der Waals surface area contributed by atoms with Crippen molar-refractivity contribution in [1.82, 2.24) is 0 Å². The van der Waals surface area contributed by atoms with Gasteiger partial charge in [0.25, 0.3) is 10.5 Å². The van der Waals surface area contributed by atoms with Gasteiger partial charge in [0.05, 0.1) is 13.2 Å². The maximum absolute atomic E-state index is 10.7. The van der Waals surface area contributed by atoms with Gasteiger partial charge in [0, 0.05) is 11.1 Å². The van der Waals surface area contributed by atoms with Gasteiger partial charge in [-0.15, -0.1) is 0 Å². The molecule has 2 heterocycles. The zero-order valence-electron chi connectivity index (χ0n) is 14.8. The van der Waals surface area contributed by atoms with Gasteiger partial charge in [0.15, 0.2) is 0 Å². The van der Waals surface area contributed by atoms with E-state index in [-0.39, 0.29) is 6.61 Å². The van der Waals surface area contributed by atoms with Crippen molar-refractivity contribution in [3.63, 3.8) is 0 Å². The summed E-state index contributed by atoms with van der Waals surface area (Å²) in [5, 5.41) is 17.2. The first-order valence-corrected chi connectivity index (χ1v) is 9.66. The topological polar surface area (TPSA) is 77.4 Å². The quantitative estimate of drug-likeness (QED) is 0.731. The molecule has 2 unspecified atom stereocenters. The second-order valence-electron chi connectivity index (χ2n) is 6.68. The second-order valence-corrected chi connectivity index (χ2v) is 7.68. The molecule has 6 nitrogen and oxygen atoms in total. The summed E-state index contributed by atoms with van der Waals surface area (Å²) in [6.07, 6.45) is -3.83. The van der Waals surface area contributed by atoms with Crippen LogP contribution in [0, 0.1) is 0 Å². The summed E-state index contributed by atoms with van der Waals surface area (Å²) in [6, 6.07) is 17.9. The van der Waals surface area contributed by atoms with Crippen LogP contribution in [0.3, 0.4) is 0 Å². The standard InChI is InChI=1S/C20H20Cl2O6/c21-19(13-7-3-1-4-8-13)25-12-16(27-19)18-17(24)15(11-23)26-20(22,28-18)14-9-5-2-6-10-14/h1-10,15-18,23-24H,11-12H2/t15-,16+,17-,18-,19?,20?/m1/s1. The molecule has 0 amide bonds. The van der Waals surface area contributed by atoms with Crippen LogP contribution in [-0.2, 0) is 29.4 Å². The van der Waals surface area contributed by atoms with Crippen LogP contribution in [0.1, 0.15) is 11.1 Å². The fraction of sp³-hybridized carbons (Fsp3) is 0.400. The van der Waals surface area contributed by atoms with Gasteiger partial charge in [-0.25, -0.2) is 0 Å². The molecule has 2 aromatic carbocycles. The molecule has 0 aromatic heterocycles. The highest BCUT2D eigenvalue weighted by atomic mass is 35.5. The molecule has 2 saturated heterocycles. The van der Waals surface area contributed by atoms with Gasteiger partial charge in [0.1, 0.15) is 24.4 Å². The van der Waals surface area contributed by atoms with Crippen LogP contribution in [-0.4, -0.2) is 47.8 Å². The van der Waals surface area contributed by atoms with E-state index in [1.54, 1.807) is 36.4 Å². The van der Waals surface area contributed by atoms with Crippen LogP contribution >= 0.6 is 23.2 Å². The zero-order valence-corrected chi connectivity index (χ0v) is 16.3. The largest absolute Gasteiger partial charge is 0.394 e. The van der Waals surface area contributed by atoms with Crippen LogP contribution in [0.25, 0.3) is 0 Å². The maximum Gasteiger partial charge on any atom is 0.277 e. The Labute approximate surface area is 172 Å². The van der Waals surface area contributed by atoms with E-state index in [4.69, 9.17) is 42.1 Å². The summed E-state index contributed by atoms with van der Waals surface area (Å²) >= 11 is 13.1. The lowest BCUT2D eigenvalue weighted by Crippen LogP contribution is -2.58. The maximum atomic E-state index is 10.7. The van der Waals surface area contributed by atoms with Crippen molar-refractivity contribution in [2.24, 2.45) is 0 Å². The van der Waals surface area contributed by atoms with E-state index in [9.17, 15) is 10.2 Å². The Kier molecular flexibility index (Phi) is 5.66. The average Bonchev–Trinajstić information content (AvgIpc) is 3.14. The Hall–Kier alpha value is -1.22. The predicted octanol–water partition coefficient (Wildman–Crippen LogP) is 2.64. The van der Waals surface area contributed by atoms with Crippen molar-refractivity contribution in [2.45, 2.75) is 34.9 Å². The Morgan fingerprint density at radius 2 is 1.43 bits per heavy atom. The van der Waals surface area contributed by atoms with Crippen molar-refractivity contribution in [3.05, 3.63) is 71.8 Å². The number of hydrogen-bond acceptors (Lipinski definition) is 6. The SMILES string of the molecule is OC[C@H]1OC(Cl)(c2ccccc2)O[C@H]([C@@H]2COC(Cl)(c3ccccc3)O2)[C@@H]1O. The van der Waals surface area contributed by atoms with Gasteiger partial charge >= 0.3 is 0 Å². The van der Waals surface area contributed by atoms with Gasteiger partial charge < -0.3 is 29.2 Å². The van der Waals surface area contributed by atoms with E-state index < -0.39 is 41.5 Å². The minimum atomic E-state index is -1.69. The van der Waals surface area contributed by atoms with Gasteiger partial charge in [-0.05, 0) is 0 Å². The predicted molar refractivity (Wildman–Crippen MR) is 102 cm³/mol. The minimum Gasteiger partial charge on any atom is -0.394 e. The van der Waals surface area contributed by atoms with Crippen LogP contribution in [0.2, 0.25) is 0 Å². The summed E-state index contributed by atoms with van der Waals surface area (Å²) in [5.74, 6) is 0. The summed E-state index contributed by atoms with van der Waals surface area (Å²) in [5.41, 5.74) is 1.16. The number of halogens is 2. The zero-order chi connectivity index (χ0) is 19.8. The third-order valence-electron chi connectivity index (χ3n) is 4.83. The van der Waals surface area contributed by atoms with Gasteiger partial charge in [-0.2, -0.15) is 0 Å². The number of hydrogen-bond donors (Lipinski definition) is 2. The van der Waals surface area contributed by atoms with Crippen LogP contribution < -0.4 is 0 Å². The molecule has 2 aliphatic heterocycles. The summed E-state index contributed by atoms with van der Waals surface area (Å²) in [4.78, 5) is 0. The minimum absolute atomic E-state index is 0.0695. The molecule has 28 heavy (non-hydrogen) atoms. The number of alkyl halides is 2. The highest BCUT2D eigenvalue weighted by molar-refractivity contribution is 6.22. The second kappa shape index (κ2) is 7.89. The highest BCUT2D eigenvalue weighted by Gasteiger charge is 2.54. The normalized spacial score (nSPS) is 38.4. The van der Waals surface area contributed by atoms with Crippen molar-refractivity contribution >= 4 is 23.2 Å². The first kappa shape index (κ1) is 20.1. The third kappa shape index (κ3) is 3.67. The summed E-state index contributed by atoms with van der Waals surface area (Å²) < 4.78 is 23.2. The number of ether oxygens (including phenoxy) is 4. The molecule has 4 rings (SSSR count). The van der Waals surface area contributed by atoms with Gasteiger partial charge in [0.2, 0.25) is 0 Å². The lowest BCUT2D eigenvalue weighted by Gasteiger charge is -2.44. The van der Waals surface area contributed by atoms with Crippen molar-refractivity contribution in [1.29, 1.82) is 0 Å². The van der Waals surface area contributed by atoms with E-state index >= 15 is 0 Å². The molecule has 0 spiro atoms. The van der Waals surface area contributed by atoms with E-state index in [1.165, 1.54) is 0 Å². The van der Waals surface area contributed by atoms with Crippen molar-refractivity contribution in [3.8, 4) is 0 Å². The number of benzene rings is 2. The summed E-state index contributed by atoms with van der Waals surface area (Å²) in [7, 11) is 0. The molecule has 0 bridgehead atoms. The Morgan fingerprint density at radius 3 is 2.00 bits per heavy atom. The first-order valence-electron chi connectivity index (χ1n) is 8.90. The van der Waals surface area contributed by atoms with E-state index in [0.29, 0.717) is 11.1 Å². The smallest absolute Gasteiger partial charge is 0.277 e. The van der Waals surface area contributed by atoms with Gasteiger partial charge in [-0.3, -0.25) is 0 Å².